The molecule has 2 saturated carbocycles. The Hall–Kier alpha value is -1.88. The molecule has 20 heavy (non-hydrogen) atoms. The number of carboxylic acids is 1. The quantitative estimate of drug-likeness (QED) is 0.832. The van der Waals surface area contributed by atoms with Crippen LogP contribution in [0.1, 0.15) is 6.42 Å². The zero-order valence-corrected chi connectivity index (χ0v) is 10.7. The van der Waals surface area contributed by atoms with Crippen molar-refractivity contribution in [3.05, 3.63) is 30.3 Å². The number of carbonyl (C=O) groups is 2. The van der Waals surface area contributed by atoms with Crippen LogP contribution in [-0.4, -0.2) is 34.2 Å². The SMILES string of the molecule is O=C(O)C1C2CC3C1C(=O)N(c1ccccc1)C3C2O. The van der Waals surface area contributed by atoms with E-state index in [-0.39, 0.29) is 23.8 Å². The predicted octanol–water partition coefficient (Wildman–Crippen LogP) is 0.729. The molecule has 1 saturated heterocycles. The molecule has 6 atom stereocenters. The van der Waals surface area contributed by atoms with E-state index in [1.54, 1.807) is 4.90 Å². The van der Waals surface area contributed by atoms with Crippen molar-refractivity contribution in [2.75, 3.05) is 4.90 Å². The number of rotatable bonds is 2. The van der Waals surface area contributed by atoms with Gasteiger partial charge in [-0.3, -0.25) is 9.59 Å². The first-order valence-electron chi connectivity index (χ1n) is 6.90. The van der Waals surface area contributed by atoms with Crippen LogP contribution in [0.3, 0.4) is 0 Å². The third kappa shape index (κ3) is 1.26. The zero-order valence-electron chi connectivity index (χ0n) is 10.7. The molecule has 2 N–H and O–H groups in total. The van der Waals surface area contributed by atoms with Gasteiger partial charge >= 0.3 is 5.97 Å². The van der Waals surface area contributed by atoms with Crippen LogP contribution in [0.2, 0.25) is 0 Å². The van der Waals surface area contributed by atoms with Crippen LogP contribution in [0.15, 0.2) is 30.3 Å². The Kier molecular flexibility index (Phi) is 2.27. The van der Waals surface area contributed by atoms with Crippen molar-refractivity contribution >= 4 is 17.6 Å². The summed E-state index contributed by atoms with van der Waals surface area (Å²) >= 11 is 0. The number of amides is 1. The molecule has 3 aliphatic rings. The minimum atomic E-state index is -0.955. The van der Waals surface area contributed by atoms with E-state index in [1.165, 1.54) is 0 Å². The van der Waals surface area contributed by atoms with E-state index in [0.29, 0.717) is 6.42 Å². The number of para-hydroxylation sites is 1. The lowest BCUT2D eigenvalue weighted by atomic mass is 9.78. The molecule has 2 aliphatic carbocycles. The van der Waals surface area contributed by atoms with E-state index in [9.17, 15) is 19.8 Å². The first-order chi connectivity index (χ1) is 9.61. The van der Waals surface area contributed by atoms with Crippen LogP contribution < -0.4 is 4.90 Å². The molecule has 5 heteroatoms. The van der Waals surface area contributed by atoms with Crippen molar-refractivity contribution in [1.29, 1.82) is 0 Å². The predicted molar refractivity (Wildman–Crippen MR) is 69.9 cm³/mol. The molecule has 1 aromatic rings. The summed E-state index contributed by atoms with van der Waals surface area (Å²) in [6.07, 6.45) is -0.0910. The number of anilines is 1. The topological polar surface area (TPSA) is 77.8 Å². The highest BCUT2D eigenvalue weighted by Crippen LogP contribution is 2.59. The number of carboxylic acid groups (broad SMARTS) is 1. The lowest BCUT2D eigenvalue weighted by Crippen LogP contribution is -2.44. The number of fused-ring (bicyclic) bond motifs is 1. The largest absolute Gasteiger partial charge is 0.481 e. The van der Waals surface area contributed by atoms with Gasteiger partial charge in [-0.25, -0.2) is 0 Å². The van der Waals surface area contributed by atoms with Crippen molar-refractivity contribution < 1.29 is 19.8 Å². The first-order valence-corrected chi connectivity index (χ1v) is 6.90. The number of benzene rings is 1. The molecule has 1 amide bonds. The van der Waals surface area contributed by atoms with Gasteiger partial charge in [0.15, 0.2) is 0 Å². The van der Waals surface area contributed by atoms with Crippen LogP contribution in [0.5, 0.6) is 0 Å². The number of carbonyl (C=O) groups excluding carboxylic acids is 1. The summed E-state index contributed by atoms with van der Waals surface area (Å²) in [6.45, 7) is 0. The second kappa shape index (κ2) is 3.82. The molecule has 2 bridgehead atoms. The lowest BCUT2D eigenvalue weighted by molar-refractivity contribution is -0.149. The van der Waals surface area contributed by atoms with E-state index in [0.717, 1.165) is 5.69 Å². The number of hydrogen-bond acceptors (Lipinski definition) is 3. The molecule has 1 aliphatic heterocycles. The Bertz CT molecular complexity index is 587. The number of aliphatic hydroxyl groups excluding tert-OH is 1. The smallest absolute Gasteiger partial charge is 0.307 e. The van der Waals surface area contributed by atoms with Crippen molar-refractivity contribution in [2.24, 2.45) is 23.7 Å². The summed E-state index contributed by atoms with van der Waals surface area (Å²) in [5.41, 5.74) is 0.751. The Morgan fingerprint density at radius 2 is 1.90 bits per heavy atom. The summed E-state index contributed by atoms with van der Waals surface area (Å²) in [5, 5.41) is 19.8. The minimum Gasteiger partial charge on any atom is -0.481 e. The molecule has 3 fully saturated rings. The first kappa shape index (κ1) is 11.9. The fourth-order valence-corrected chi connectivity index (χ4v) is 4.56. The molecule has 6 unspecified atom stereocenters. The standard InChI is InChI=1S/C15H15NO4/c17-13-9-6-8-10(11(9)15(19)20)14(18)16(12(8)13)7-4-2-1-3-5-7/h1-5,8-13,17H,6H2,(H,19,20). The Morgan fingerprint density at radius 1 is 1.20 bits per heavy atom. The van der Waals surface area contributed by atoms with Crippen LogP contribution >= 0.6 is 0 Å². The zero-order chi connectivity index (χ0) is 14.0. The van der Waals surface area contributed by atoms with Crippen molar-refractivity contribution in [3.63, 3.8) is 0 Å². The monoisotopic (exact) mass is 273 g/mol. The third-order valence-electron chi connectivity index (χ3n) is 5.22. The molecule has 0 aromatic heterocycles. The highest BCUT2D eigenvalue weighted by atomic mass is 16.4. The summed E-state index contributed by atoms with van der Waals surface area (Å²) in [7, 11) is 0. The summed E-state index contributed by atoms with van der Waals surface area (Å²) in [5.74, 6) is -2.60. The molecule has 4 rings (SSSR count). The van der Waals surface area contributed by atoms with Gasteiger partial charge in [0.1, 0.15) is 0 Å². The van der Waals surface area contributed by atoms with E-state index < -0.39 is 23.9 Å². The van der Waals surface area contributed by atoms with E-state index in [2.05, 4.69) is 0 Å². The number of aliphatic hydroxyl groups is 1. The molecule has 5 nitrogen and oxygen atoms in total. The van der Waals surface area contributed by atoms with Gasteiger partial charge in [-0.2, -0.15) is 0 Å². The van der Waals surface area contributed by atoms with Gasteiger partial charge in [-0.05, 0) is 24.5 Å². The van der Waals surface area contributed by atoms with E-state index >= 15 is 0 Å². The number of aliphatic carboxylic acids is 1. The van der Waals surface area contributed by atoms with Gasteiger partial charge in [0, 0.05) is 11.6 Å². The minimum absolute atomic E-state index is 0.0243. The van der Waals surface area contributed by atoms with Crippen LogP contribution in [-0.2, 0) is 9.59 Å². The van der Waals surface area contributed by atoms with Gasteiger partial charge in [0.25, 0.3) is 0 Å². The molecule has 104 valence electrons. The normalized spacial score (nSPS) is 41.5. The number of nitrogens with zero attached hydrogens (tertiary/aromatic N) is 1. The number of hydrogen-bond donors (Lipinski definition) is 2. The van der Waals surface area contributed by atoms with Crippen LogP contribution in [0, 0.1) is 23.7 Å². The second-order valence-electron chi connectivity index (χ2n) is 5.98. The lowest BCUT2D eigenvalue weighted by Gasteiger charge is -2.30. The molecule has 0 radical (unpaired) electrons. The highest BCUT2D eigenvalue weighted by Gasteiger charge is 2.69. The highest BCUT2D eigenvalue weighted by molar-refractivity contribution is 6.02. The van der Waals surface area contributed by atoms with E-state index in [4.69, 9.17) is 0 Å². The summed E-state index contributed by atoms with van der Waals surface area (Å²) < 4.78 is 0. The van der Waals surface area contributed by atoms with Crippen LogP contribution in [0.25, 0.3) is 0 Å². The molecule has 1 heterocycles. The van der Waals surface area contributed by atoms with Gasteiger partial charge < -0.3 is 15.1 Å². The van der Waals surface area contributed by atoms with Gasteiger partial charge in [-0.15, -0.1) is 0 Å². The fourth-order valence-electron chi connectivity index (χ4n) is 4.56. The maximum absolute atomic E-state index is 12.6. The van der Waals surface area contributed by atoms with Crippen molar-refractivity contribution in [3.8, 4) is 0 Å². The molecular weight excluding hydrogens is 258 g/mol. The summed E-state index contributed by atoms with van der Waals surface area (Å²) in [6, 6.07) is 8.96. The fraction of sp³-hybridized carbons (Fsp3) is 0.467. The Balaban J connectivity index is 1.80. The average molecular weight is 273 g/mol. The maximum atomic E-state index is 12.6. The van der Waals surface area contributed by atoms with E-state index in [1.807, 2.05) is 30.3 Å². The molecule has 1 aromatic carbocycles. The summed E-state index contributed by atoms with van der Waals surface area (Å²) in [4.78, 5) is 25.7. The third-order valence-corrected chi connectivity index (χ3v) is 5.22. The molecular formula is C15H15NO4. The second-order valence-corrected chi connectivity index (χ2v) is 5.98. The van der Waals surface area contributed by atoms with Gasteiger partial charge in [0.2, 0.25) is 5.91 Å². The van der Waals surface area contributed by atoms with Gasteiger partial charge in [0.05, 0.1) is 24.0 Å². The van der Waals surface area contributed by atoms with Crippen molar-refractivity contribution in [1.82, 2.24) is 0 Å². The Labute approximate surface area is 115 Å². The van der Waals surface area contributed by atoms with Crippen molar-refractivity contribution in [2.45, 2.75) is 18.6 Å². The molecule has 0 spiro atoms. The Morgan fingerprint density at radius 3 is 2.55 bits per heavy atom. The maximum Gasteiger partial charge on any atom is 0.307 e. The van der Waals surface area contributed by atoms with Crippen LogP contribution in [0.4, 0.5) is 5.69 Å². The van der Waals surface area contributed by atoms with Gasteiger partial charge in [-0.1, -0.05) is 18.2 Å². The average Bonchev–Trinajstić information content (AvgIpc) is 3.02.